The average molecular weight is 691 g/mol. The molecule has 11 rings (SSSR count). The molecule has 2 aliphatic heterocycles. The lowest BCUT2D eigenvalue weighted by atomic mass is 9.64. The van der Waals surface area contributed by atoms with Crippen LogP contribution in [0.25, 0.3) is 21.9 Å². The number of rotatable bonds is 4. The summed E-state index contributed by atoms with van der Waals surface area (Å²) in [6.07, 6.45) is -0.284. The molecule has 1 spiro atoms. The van der Waals surface area contributed by atoms with Gasteiger partial charge in [0.15, 0.2) is 5.84 Å². The quantitative estimate of drug-likeness (QED) is 0.200. The first-order valence-electron chi connectivity index (χ1n) is 18.5. The second kappa shape index (κ2) is 12.0. The van der Waals surface area contributed by atoms with E-state index < -0.39 is 5.41 Å². The van der Waals surface area contributed by atoms with Gasteiger partial charge in [-0.2, -0.15) is 0 Å². The maximum atomic E-state index is 5.31. The van der Waals surface area contributed by atoms with Gasteiger partial charge in [0, 0.05) is 16.8 Å². The normalized spacial score (nSPS) is 16.1. The molecule has 54 heavy (non-hydrogen) atoms. The van der Waals surface area contributed by atoms with E-state index in [0.717, 1.165) is 28.2 Å². The zero-order valence-corrected chi connectivity index (χ0v) is 29.4. The third-order valence-corrected chi connectivity index (χ3v) is 11.3. The maximum Gasteiger partial charge on any atom is 0.159 e. The second-order valence-electron chi connectivity index (χ2n) is 14.2. The van der Waals surface area contributed by atoms with E-state index in [4.69, 9.17) is 9.98 Å². The van der Waals surface area contributed by atoms with Gasteiger partial charge in [0.2, 0.25) is 0 Å². The number of nitrogens with zero attached hydrogens (tertiary/aromatic N) is 3. The molecular formula is C50H34N4. The number of fused-ring (bicyclic) bond motifs is 11. The minimum Gasteiger partial charge on any atom is -0.344 e. The molecule has 0 fully saturated rings. The van der Waals surface area contributed by atoms with E-state index in [2.05, 4.69) is 192 Å². The average Bonchev–Trinajstić information content (AvgIpc) is 3.55. The lowest BCUT2D eigenvalue weighted by Crippen LogP contribution is -2.36. The standard InChI is InChI=1S/C50H34N4/c1-4-17-34(18-5-1)47-51-48(35-19-6-2-7-20-35)53-49(52-47)36-28-30-39-43(32-36)50(42-31-29-33-16-10-11-23-38(33)46(39)42)40-24-12-14-26-44(40)54(37-21-8-3-9-22-37)45-27-15-13-25-41(45)50/h1-32,47H,(H,51,52,53). The van der Waals surface area contributed by atoms with Crippen LogP contribution in [0.1, 0.15) is 45.1 Å². The Kier molecular flexibility index (Phi) is 6.80. The summed E-state index contributed by atoms with van der Waals surface area (Å²) in [4.78, 5) is 13.0. The van der Waals surface area contributed by atoms with Crippen LogP contribution < -0.4 is 10.2 Å². The zero-order valence-electron chi connectivity index (χ0n) is 29.4. The highest BCUT2D eigenvalue weighted by molar-refractivity contribution is 6.14. The minimum atomic E-state index is -0.596. The van der Waals surface area contributed by atoms with Crippen LogP contribution in [0, 0.1) is 0 Å². The van der Waals surface area contributed by atoms with E-state index >= 15 is 0 Å². The fourth-order valence-electron chi connectivity index (χ4n) is 9.04. The van der Waals surface area contributed by atoms with Crippen molar-refractivity contribution in [2.24, 2.45) is 9.98 Å². The molecule has 1 unspecified atom stereocenters. The van der Waals surface area contributed by atoms with Crippen LogP contribution in [0.15, 0.2) is 204 Å². The van der Waals surface area contributed by atoms with Gasteiger partial charge in [0.05, 0.1) is 16.8 Å². The molecular weight excluding hydrogens is 657 g/mol. The number of amidine groups is 2. The van der Waals surface area contributed by atoms with Crippen LogP contribution in [0.3, 0.4) is 0 Å². The van der Waals surface area contributed by atoms with Crippen molar-refractivity contribution in [2.45, 2.75) is 11.6 Å². The minimum absolute atomic E-state index is 0.284. The molecule has 254 valence electrons. The molecule has 1 N–H and O–H groups in total. The van der Waals surface area contributed by atoms with Crippen molar-refractivity contribution in [3.8, 4) is 11.1 Å². The highest BCUT2D eigenvalue weighted by Gasteiger charge is 2.52. The highest BCUT2D eigenvalue weighted by Crippen LogP contribution is 2.64. The second-order valence-corrected chi connectivity index (χ2v) is 14.2. The van der Waals surface area contributed by atoms with Gasteiger partial charge in [-0.05, 0) is 80.0 Å². The summed E-state index contributed by atoms with van der Waals surface area (Å²) in [5.74, 6) is 1.52. The van der Waals surface area contributed by atoms with E-state index in [0.29, 0.717) is 5.84 Å². The Morgan fingerprint density at radius 2 is 1.13 bits per heavy atom. The van der Waals surface area contributed by atoms with Gasteiger partial charge in [0.1, 0.15) is 12.0 Å². The molecule has 3 aliphatic rings. The molecule has 0 bridgehead atoms. The van der Waals surface area contributed by atoms with E-state index in [1.165, 1.54) is 55.5 Å². The Labute approximate surface area is 314 Å². The van der Waals surface area contributed by atoms with E-state index in [1.807, 2.05) is 12.1 Å². The third kappa shape index (κ3) is 4.44. The number of hydrogen-bond donors (Lipinski definition) is 1. The van der Waals surface area contributed by atoms with Gasteiger partial charge < -0.3 is 10.2 Å². The fraction of sp³-hybridized carbons (Fsp3) is 0.0400. The monoisotopic (exact) mass is 690 g/mol. The third-order valence-electron chi connectivity index (χ3n) is 11.3. The predicted octanol–water partition coefficient (Wildman–Crippen LogP) is 11.5. The number of anilines is 3. The molecule has 4 heteroatoms. The molecule has 0 saturated carbocycles. The van der Waals surface area contributed by atoms with Crippen molar-refractivity contribution in [2.75, 3.05) is 4.90 Å². The number of aliphatic imine (C=N–C) groups is 2. The van der Waals surface area contributed by atoms with Crippen LogP contribution in [0.5, 0.6) is 0 Å². The SMILES string of the molecule is c1ccc(C2=NC(c3ccc4c(c3)C3(c5ccccc5N(c5ccccc5)c5ccccc53)c3ccc5ccccc5c3-4)=NC(c3ccccc3)N2)cc1. The van der Waals surface area contributed by atoms with Gasteiger partial charge in [-0.25, -0.2) is 9.98 Å². The lowest BCUT2D eigenvalue weighted by molar-refractivity contribution is 0.674. The van der Waals surface area contributed by atoms with Crippen molar-refractivity contribution in [1.29, 1.82) is 0 Å². The van der Waals surface area contributed by atoms with Crippen molar-refractivity contribution in [1.82, 2.24) is 5.32 Å². The Balaban J connectivity index is 1.21. The lowest BCUT2D eigenvalue weighted by Gasteiger charge is -2.45. The summed E-state index contributed by atoms with van der Waals surface area (Å²) in [6, 6.07) is 69.8. The Hall–Kier alpha value is -7.04. The maximum absolute atomic E-state index is 5.31. The molecule has 8 aromatic rings. The van der Waals surface area contributed by atoms with Crippen LogP contribution in [0.4, 0.5) is 17.1 Å². The number of hydrogen-bond acceptors (Lipinski definition) is 4. The predicted molar refractivity (Wildman–Crippen MR) is 221 cm³/mol. The molecule has 0 aromatic heterocycles. The van der Waals surface area contributed by atoms with Crippen molar-refractivity contribution < 1.29 is 0 Å². The molecule has 4 nitrogen and oxygen atoms in total. The van der Waals surface area contributed by atoms with Crippen LogP contribution in [-0.4, -0.2) is 11.7 Å². The molecule has 8 aromatic carbocycles. The molecule has 0 radical (unpaired) electrons. The molecule has 0 amide bonds. The smallest absolute Gasteiger partial charge is 0.159 e. The molecule has 0 saturated heterocycles. The van der Waals surface area contributed by atoms with Crippen molar-refractivity contribution in [3.63, 3.8) is 0 Å². The largest absolute Gasteiger partial charge is 0.344 e. The summed E-state index contributed by atoms with van der Waals surface area (Å²) in [7, 11) is 0. The van der Waals surface area contributed by atoms with Gasteiger partial charge in [-0.15, -0.1) is 0 Å². The Bertz CT molecular complexity index is 2760. The number of nitrogens with one attached hydrogen (secondary N) is 1. The summed E-state index contributed by atoms with van der Waals surface area (Å²) < 4.78 is 0. The van der Waals surface area contributed by atoms with Gasteiger partial charge in [0.25, 0.3) is 0 Å². The fourth-order valence-corrected chi connectivity index (χ4v) is 9.04. The first kappa shape index (κ1) is 30.6. The van der Waals surface area contributed by atoms with Crippen LogP contribution >= 0.6 is 0 Å². The van der Waals surface area contributed by atoms with Gasteiger partial charge >= 0.3 is 0 Å². The Morgan fingerprint density at radius 3 is 1.87 bits per heavy atom. The van der Waals surface area contributed by atoms with Gasteiger partial charge in [-0.3, -0.25) is 0 Å². The van der Waals surface area contributed by atoms with Gasteiger partial charge in [-0.1, -0.05) is 164 Å². The summed E-state index contributed by atoms with van der Waals surface area (Å²) in [5, 5.41) is 6.12. The molecule has 1 atom stereocenters. The van der Waals surface area contributed by atoms with E-state index in [1.54, 1.807) is 0 Å². The first-order chi connectivity index (χ1) is 26.8. The van der Waals surface area contributed by atoms with E-state index in [-0.39, 0.29) is 6.17 Å². The summed E-state index contributed by atoms with van der Waals surface area (Å²) >= 11 is 0. The molecule has 1 aliphatic carbocycles. The molecule has 2 heterocycles. The van der Waals surface area contributed by atoms with E-state index in [9.17, 15) is 0 Å². The zero-order chi connectivity index (χ0) is 35.6. The van der Waals surface area contributed by atoms with Crippen molar-refractivity contribution in [3.05, 3.63) is 233 Å². The highest BCUT2D eigenvalue weighted by atomic mass is 15.2. The summed E-state index contributed by atoms with van der Waals surface area (Å²) in [6.45, 7) is 0. The first-order valence-corrected chi connectivity index (χ1v) is 18.5. The topological polar surface area (TPSA) is 40.0 Å². The van der Waals surface area contributed by atoms with Crippen LogP contribution in [-0.2, 0) is 5.41 Å². The number of benzene rings is 8. The Morgan fingerprint density at radius 1 is 0.500 bits per heavy atom. The van der Waals surface area contributed by atoms with Crippen molar-refractivity contribution >= 4 is 39.5 Å². The van der Waals surface area contributed by atoms with Crippen LogP contribution in [0.2, 0.25) is 0 Å². The number of para-hydroxylation sites is 3. The summed E-state index contributed by atoms with van der Waals surface area (Å²) in [5.41, 5.74) is 13.6.